The molecule has 0 aliphatic heterocycles. The Morgan fingerprint density at radius 1 is 0.647 bits per heavy atom. The predicted octanol–water partition coefficient (Wildman–Crippen LogP) is 2.58. The van der Waals surface area contributed by atoms with E-state index in [1.807, 2.05) is 0 Å². The maximum atomic E-state index is 2.29. The molecule has 0 spiro atoms. The van der Waals surface area contributed by atoms with Crippen LogP contribution >= 0.6 is 0 Å². The molecule has 1 heteroatoms. The van der Waals surface area contributed by atoms with Gasteiger partial charge >= 0.3 is 110 Å². The molecule has 17 heavy (non-hydrogen) atoms. The van der Waals surface area contributed by atoms with Gasteiger partial charge in [0.25, 0.3) is 0 Å². The molecule has 0 bridgehead atoms. The molecule has 0 aromatic heterocycles. The van der Waals surface area contributed by atoms with Crippen molar-refractivity contribution in [1.29, 1.82) is 0 Å². The summed E-state index contributed by atoms with van der Waals surface area (Å²) >= 11 is 0.222. The van der Waals surface area contributed by atoms with Gasteiger partial charge in [-0.15, -0.1) is 0 Å². The summed E-state index contributed by atoms with van der Waals surface area (Å²) in [5, 5.41) is 0. The van der Waals surface area contributed by atoms with Crippen molar-refractivity contribution in [3.8, 4) is 0 Å². The van der Waals surface area contributed by atoms with Crippen LogP contribution in [0.25, 0.3) is 0 Å². The Bertz CT molecular complexity index is 492. The third-order valence-corrected chi connectivity index (χ3v) is 5.08. The molecule has 0 N–H and O–H groups in total. The minimum absolute atomic E-state index is 0.222. The zero-order valence-corrected chi connectivity index (χ0v) is 12.2. The van der Waals surface area contributed by atoms with Crippen LogP contribution in [0.5, 0.6) is 0 Å². The molecule has 2 aromatic carbocycles. The van der Waals surface area contributed by atoms with Crippen molar-refractivity contribution in [1.82, 2.24) is 0 Å². The monoisotopic (exact) mass is 237 g/mol. The van der Waals surface area contributed by atoms with E-state index in [1.165, 1.54) is 31.1 Å². The van der Waals surface area contributed by atoms with E-state index < -0.39 is 0 Å². The Morgan fingerprint density at radius 2 is 1.06 bits per heavy atom. The topological polar surface area (TPSA) is 0 Å². The number of rotatable bonds is 2. The molecule has 0 saturated carbocycles. The average Bonchev–Trinajstić information content (AvgIpc) is 2.25. The van der Waals surface area contributed by atoms with E-state index in [9.17, 15) is 0 Å². The van der Waals surface area contributed by atoms with E-state index >= 15 is 0 Å². The van der Waals surface area contributed by atoms with E-state index in [4.69, 9.17) is 0 Å². The van der Waals surface area contributed by atoms with Crippen LogP contribution in [0, 0.1) is 27.7 Å². The first-order valence-corrected chi connectivity index (χ1v) is 7.21. The van der Waals surface area contributed by atoms with Gasteiger partial charge in [-0.25, -0.2) is 0 Å². The summed E-state index contributed by atoms with van der Waals surface area (Å²) in [6, 6.07) is 13.6. The molecule has 2 rings (SSSR count). The van der Waals surface area contributed by atoms with Gasteiger partial charge in [0.15, 0.2) is 0 Å². The van der Waals surface area contributed by atoms with Crippen LogP contribution in [0.4, 0.5) is 0 Å². The molecule has 0 amide bonds. The van der Waals surface area contributed by atoms with Crippen molar-refractivity contribution in [2.24, 2.45) is 0 Å². The fourth-order valence-electron chi connectivity index (χ4n) is 2.14. The molecule has 0 nitrogen and oxygen atoms in total. The number of aryl methyl sites for hydroxylation is 4. The van der Waals surface area contributed by atoms with Gasteiger partial charge in [0.05, 0.1) is 0 Å². The fraction of sp³-hybridized carbons (Fsp3) is 0.250. The Morgan fingerprint density at radius 3 is 1.41 bits per heavy atom. The van der Waals surface area contributed by atoms with Gasteiger partial charge in [0.1, 0.15) is 0 Å². The first-order chi connectivity index (χ1) is 8.06. The molecule has 0 saturated heterocycles. The summed E-state index contributed by atoms with van der Waals surface area (Å²) in [5.41, 5.74) is 5.57. The van der Waals surface area contributed by atoms with Gasteiger partial charge in [-0.1, -0.05) is 0 Å². The van der Waals surface area contributed by atoms with Gasteiger partial charge in [0, 0.05) is 0 Å². The van der Waals surface area contributed by atoms with Gasteiger partial charge in [-0.3, -0.25) is 0 Å². The SMILES string of the molecule is Cc1cc[c]([Al+][c]2ccc(C)cc2C)c(C)c1. The normalized spacial score (nSPS) is 10.1. The van der Waals surface area contributed by atoms with E-state index in [-0.39, 0.29) is 15.2 Å². The Balaban J connectivity index is 2.31. The van der Waals surface area contributed by atoms with E-state index in [0.717, 1.165) is 0 Å². The molecular weight excluding hydrogens is 219 g/mol. The van der Waals surface area contributed by atoms with E-state index in [1.54, 1.807) is 0 Å². The molecule has 0 aliphatic carbocycles. The second-order valence-corrected chi connectivity index (χ2v) is 6.40. The summed E-state index contributed by atoms with van der Waals surface area (Å²) in [4.78, 5) is 0. The van der Waals surface area contributed by atoms with Crippen LogP contribution in [0.2, 0.25) is 0 Å². The van der Waals surface area contributed by atoms with Crippen molar-refractivity contribution >= 4 is 24.1 Å². The third kappa shape index (κ3) is 3.00. The predicted molar refractivity (Wildman–Crippen MR) is 76.9 cm³/mol. The standard InChI is InChI=1S/2C8H9.Al/c2*1-7-4-3-5-8(2)6-7;/h2*3-4,6H,1-2H3;/q;;+1. The Labute approximate surface area is 110 Å². The summed E-state index contributed by atoms with van der Waals surface area (Å²) < 4.78 is 3.03. The van der Waals surface area contributed by atoms with Crippen molar-refractivity contribution in [2.75, 3.05) is 0 Å². The molecule has 0 aliphatic rings. The van der Waals surface area contributed by atoms with Gasteiger partial charge in [0.2, 0.25) is 0 Å². The van der Waals surface area contributed by atoms with Crippen molar-refractivity contribution in [3.05, 3.63) is 58.7 Å². The maximum absolute atomic E-state index is 2.29. The van der Waals surface area contributed by atoms with Gasteiger partial charge in [-0.2, -0.15) is 0 Å². The Hall–Kier alpha value is -1.03. The summed E-state index contributed by atoms with van der Waals surface area (Å²) in [7, 11) is 0. The van der Waals surface area contributed by atoms with Crippen LogP contribution in [-0.2, 0) is 0 Å². The van der Waals surface area contributed by atoms with E-state index in [0.29, 0.717) is 0 Å². The molecular formula is C16H18Al+. The number of hydrogen-bond donors (Lipinski definition) is 0. The summed E-state index contributed by atoms with van der Waals surface area (Å²) in [6.07, 6.45) is 0. The van der Waals surface area contributed by atoms with Crippen LogP contribution in [0.1, 0.15) is 22.3 Å². The molecule has 0 unspecified atom stereocenters. The van der Waals surface area contributed by atoms with Crippen molar-refractivity contribution < 1.29 is 0 Å². The van der Waals surface area contributed by atoms with Crippen LogP contribution < -0.4 is 8.85 Å². The average molecular weight is 237 g/mol. The quantitative estimate of drug-likeness (QED) is 0.704. The molecule has 2 aromatic rings. The second-order valence-electron chi connectivity index (χ2n) is 4.86. The minimum atomic E-state index is 0.222. The summed E-state index contributed by atoms with van der Waals surface area (Å²) in [6.45, 7) is 8.75. The van der Waals surface area contributed by atoms with Crippen LogP contribution in [-0.4, -0.2) is 15.2 Å². The van der Waals surface area contributed by atoms with Gasteiger partial charge < -0.3 is 0 Å². The molecule has 84 valence electrons. The third-order valence-electron chi connectivity index (χ3n) is 3.16. The number of hydrogen-bond acceptors (Lipinski definition) is 0. The number of benzene rings is 2. The zero-order chi connectivity index (χ0) is 12.4. The van der Waals surface area contributed by atoms with Crippen LogP contribution in [0.3, 0.4) is 0 Å². The summed E-state index contributed by atoms with van der Waals surface area (Å²) in [5.74, 6) is 0. The first kappa shape index (κ1) is 12.4. The van der Waals surface area contributed by atoms with Crippen molar-refractivity contribution in [3.63, 3.8) is 0 Å². The molecule has 0 heterocycles. The zero-order valence-electron chi connectivity index (χ0n) is 11.0. The second kappa shape index (κ2) is 5.09. The van der Waals surface area contributed by atoms with Crippen LogP contribution in [0.15, 0.2) is 36.4 Å². The Kier molecular flexibility index (Phi) is 3.72. The fourth-order valence-corrected chi connectivity index (χ4v) is 3.48. The van der Waals surface area contributed by atoms with Gasteiger partial charge in [-0.05, 0) is 0 Å². The molecule has 0 fully saturated rings. The molecule has 0 radical (unpaired) electrons. The first-order valence-electron chi connectivity index (χ1n) is 6.05. The molecule has 0 atom stereocenters. The van der Waals surface area contributed by atoms with E-state index in [2.05, 4.69) is 64.1 Å². The van der Waals surface area contributed by atoms with Crippen molar-refractivity contribution in [2.45, 2.75) is 27.7 Å².